The summed E-state index contributed by atoms with van der Waals surface area (Å²) in [5.74, 6) is -1.51. The van der Waals surface area contributed by atoms with Crippen LogP contribution in [-0.2, 0) is 30.8 Å². The summed E-state index contributed by atoms with van der Waals surface area (Å²) in [6.07, 6.45) is 0.986. The lowest BCUT2D eigenvalue weighted by Crippen LogP contribution is -2.66. The van der Waals surface area contributed by atoms with Crippen molar-refractivity contribution in [3.8, 4) is 5.75 Å². The number of sulfonamides is 1. The maximum atomic E-state index is 14.1. The van der Waals surface area contributed by atoms with E-state index in [-0.39, 0.29) is 17.1 Å². The molecule has 9 heteroatoms. The minimum atomic E-state index is -4.30. The van der Waals surface area contributed by atoms with Gasteiger partial charge in [-0.25, -0.2) is 13.2 Å². The number of ketones is 1. The predicted molar refractivity (Wildman–Crippen MR) is 133 cm³/mol. The third kappa shape index (κ3) is 6.28. The number of carbonyl (C=O) groups excluding carboxylic acids is 2. The number of rotatable bonds is 8. The molecule has 0 spiro atoms. The molecular weight excluding hydrogens is 468 g/mol. The average Bonchev–Trinajstić information content (AvgIpc) is 3.19. The highest BCUT2D eigenvalue weighted by molar-refractivity contribution is 7.89. The lowest BCUT2D eigenvalue weighted by atomic mass is 9.83. The second-order valence-electron chi connectivity index (χ2n) is 10.2. The molecule has 0 aliphatic carbocycles. The Kier molecular flexibility index (Phi) is 7.74. The van der Waals surface area contributed by atoms with Crippen molar-refractivity contribution in [2.24, 2.45) is 0 Å². The summed E-state index contributed by atoms with van der Waals surface area (Å²) in [5.41, 5.74) is -1.81. The van der Waals surface area contributed by atoms with Crippen molar-refractivity contribution in [1.29, 1.82) is 0 Å². The van der Waals surface area contributed by atoms with Crippen molar-refractivity contribution in [3.05, 3.63) is 59.7 Å². The number of carbonyl (C=O) groups is 2. The van der Waals surface area contributed by atoms with Crippen molar-refractivity contribution < 1.29 is 27.9 Å². The molecule has 0 saturated carbocycles. The first-order valence-corrected chi connectivity index (χ1v) is 13.1. The third-order valence-electron chi connectivity index (χ3n) is 6.04. The van der Waals surface area contributed by atoms with Gasteiger partial charge in [0.15, 0.2) is 11.3 Å². The SMILES string of the molecule is Cc1ccc(S(=O)(=O)N[C@](Cc2ccc(O)cc2)(C(=O)OC(C)(C)C)C(=O)C2CCCN2C)cc1. The Morgan fingerprint density at radius 2 is 1.69 bits per heavy atom. The van der Waals surface area contributed by atoms with Crippen LogP contribution in [0.25, 0.3) is 0 Å². The Balaban J connectivity index is 2.18. The van der Waals surface area contributed by atoms with Crippen LogP contribution in [0.2, 0.25) is 0 Å². The quantitative estimate of drug-likeness (QED) is 0.421. The summed E-state index contributed by atoms with van der Waals surface area (Å²) in [6, 6.07) is 11.5. The van der Waals surface area contributed by atoms with Crippen molar-refractivity contribution in [2.45, 2.75) is 69.0 Å². The number of ether oxygens (including phenoxy) is 1. The number of aromatic hydroxyl groups is 1. The third-order valence-corrected chi connectivity index (χ3v) is 7.55. The average molecular weight is 503 g/mol. The highest BCUT2D eigenvalue weighted by Crippen LogP contribution is 2.29. The van der Waals surface area contributed by atoms with E-state index in [2.05, 4.69) is 4.72 Å². The molecule has 2 N–H and O–H groups in total. The molecule has 0 radical (unpaired) electrons. The standard InChI is InChI=1S/C26H34N2O6S/c1-18-8-14-21(15-9-18)35(32,33)27-26(24(31)34-25(2,3)4,17-19-10-12-20(29)13-11-19)23(30)22-7-6-16-28(22)5/h8-15,22,27,29H,6-7,16-17H2,1-5H3/t22?,26-/m0/s1. The molecule has 3 rings (SSSR count). The van der Waals surface area contributed by atoms with Gasteiger partial charge in [-0.1, -0.05) is 29.8 Å². The number of esters is 1. The van der Waals surface area contributed by atoms with Gasteiger partial charge in [-0.3, -0.25) is 9.69 Å². The van der Waals surface area contributed by atoms with E-state index in [0.29, 0.717) is 18.5 Å². The Morgan fingerprint density at radius 3 is 2.20 bits per heavy atom. The van der Waals surface area contributed by atoms with E-state index in [9.17, 15) is 23.1 Å². The van der Waals surface area contributed by atoms with Crippen molar-refractivity contribution in [2.75, 3.05) is 13.6 Å². The van der Waals surface area contributed by atoms with Crippen LogP contribution in [-0.4, -0.2) is 61.0 Å². The molecule has 1 fully saturated rings. The topological polar surface area (TPSA) is 113 Å². The minimum Gasteiger partial charge on any atom is -0.508 e. The van der Waals surface area contributed by atoms with E-state index in [4.69, 9.17) is 4.74 Å². The first kappa shape index (κ1) is 26.8. The normalized spacial score (nSPS) is 18.7. The number of likely N-dealkylation sites (N-methyl/N-ethyl adjacent to an activating group) is 1. The first-order chi connectivity index (χ1) is 16.2. The zero-order valence-electron chi connectivity index (χ0n) is 20.9. The molecule has 2 aromatic carbocycles. The fraction of sp³-hybridized carbons (Fsp3) is 0.462. The van der Waals surface area contributed by atoms with Crippen molar-refractivity contribution >= 4 is 21.8 Å². The summed E-state index contributed by atoms with van der Waals surface area (Å²) >= 11 is 0. The van der Waals surface area contributed by atoms with Gasteiger partial charge in [0.2, 0.25) is 10.0 Å². The van der Waals surface area contributed by atoms with Crippen LogP contribution in [0.5, 0.6) is 5.75 Å². The molecule has 0 amide bonds. The fourth-order valence-corrected chi connectivity index (χ4v) is 5.53. The second-order valence-corrected chi connectivity index (χ2v) is 11.9. The molecule has 1 aliphatic heterocycles. The van der Waals surface area contributed by atoms with Gasteiger partial charge in [0.05, 0.1) is 10.9 Å². The smallest absolute Gasteiger partial charge is 0.336 e. The summed E-state index contributed by atoms with van der Waals surface area (Å²) in [7, 11) is -2.51. The Morgan fingerprint density at radius 1 is 1.09 bits per heavy atom. The first-order valence-electron chi connectivity index (χ1n) is 11.6. The van der Waals surface area contributed by atoms with E-state index in [0.717, 1.165) is 12.0 Å². The molecule has 8 nitrogen and oxygen atoms in total. The Hall–Kier alpha value is -2.75. The molecule has 2 atom stereocenters. The van der Waals surface area contributed by atoms with Crippen LogP contribution in [0.1, 0.15) is 44.7 Å². The number of hydrogen-bond donors (Lipinski definition) is 2. The molecule has 0 bridgehead atoms. The van der Waals surface area contributed by atoms with Gasteiger partial charge in [0.1, 0.15) is 11.4 Å². The van der Waals surface area contributed by atoms with Crippen LogP contribution >= 0.6 is 0 Å². The van der Waals surface area contributed by atoms with Gasteiger partial charge in [0.25, 0.3) is 0 Å². The van der Waals surface area contributed by atoms with Gasteiger partial charge >= 0.3 is 5.97 Å². The molecule has 1 aliphatic rings. The zero-order valence-corrected chi connectivity index (χ0v) is 21.7. The Labute approximate surface area is 207 Å². The van der Waals surface area contributed by atoms with Gasteiger partial charge in [-0.2, -0.15) is 4.72 Å². The molecule has 1 unspecified atom stereocenters. The van der Waals surface area contributed by atoms with Gasteiger partial charge in [-0.05, 0) is 84.0 Å². The molecular formula is C26H34N2O6S. The number of likely N-dealkylation sites (tertiary alicyclic amines) is 1. The van der Waals surface area contributed by atoms with E-state index in [1.54, 1.807) is 52.1 Å². The largest absolute Gasteiger partial charge is 0.508 e. The number of nitrogens with one attached hydrogen (secondary N) is 1. The summed E-state index contributed by atoms with van der Waals surface area (Å²) < 4.78 is 35.2. The number of aryl methyl sites for hydroxylation is 1. The number of nitrogens with zero attached hydrogens (tertiary/aromatic N) is 1. The fourth-order valence-electron chi connectivity index (χ4n) is 4.20. The monoisotopic (exact) mass is 502 g/mol. The minimum absolute atomic E-state index is 0.0127. The van der Waals surface area contributed by atoms with E-state index in [1.807, 2.05) is 11.8 Å². The van der Waals surface area contributed by atoms with Crippen LogP contribution in [0.15, 0.2) is 53.4 Å². The van der Waals surface area contributed by atoms with E-state index in [1.165, 1.54) is 24.3 Å². The maximum Gasteiger partial charge on any atom is 0.336 e. The summed E-state index contributed by atoms with van der Waals surface area (Å²) in [4.78, 5) is 29.7. The number of Topliss-reactive ketones (excluding diaryl/α,β-unsaturated/α-hetero) is 1. The Bertz CT molecular complexity index is 1170. The molecule has 0 aromatic heterocycles. The lowest BCUT2D eigenvalue weighted by Gasteiger charge is -2.36. The number of hydrogen-bond acceptors (Lipinski definition) is 7. The number of phenolic OH excluding ortho intramolecular Hbond substituents is 1. The molecule has 35 heavy (non-hydrogen) atoms. The number of phenols is 1. The predicted octanol–water partition coefficient (Wildman–Crippen LogP) is 2.97. The summed E-state index contributed by atoms with van der Waals surface area (Å²) in [5, 5.41) is 9.71. The molecule has 1 heterocycles. The van der Waals surface area contributed by atoms with Crippen LogP contribution in [0.3, 0.4) is 0 Å². The molecule has 2 aromatic rings. The van der Waals surface area contributed by atoms with Crippen molar-refractivity contribution in [1.82, 2.24) is 9.62 Å². The molecule has 1 saturated heterocycles. The van der Waals surface area contributed by atoms with Crippen molar-refractivity contribution in [3.63, 3.8) is 0 Å². The van der Waals surface area contributed by atoms with Crippen LogP contribution in [0.4, 0.5) is 0 Å². The van der Waals surface area contributed by atoms with Gasteiger partial charge in [0, 0.05) is 6.42 Å². The van der Waals surface area contributed by atoms with E-state index >= 15 is 0 Å². The highest BCUT2D eigenvalue weighted by atomic mass is 32.2. The highest BCUT2D eigenvalue weighted by Gasteiger charge is 2.54. The number of benzene rings is 2. The zero-order chi connectivity index (χ0) is 26.0. The summed E-state index contributed by atoms with van der Waals surface area (Å²) in [6.45, 7) is 7.48. The second kappa shape index (κ2) is 10.1. The van der Waals surface area contributed by atoms with Gasteiger partial charge < -0.3 is 9.84 Å². The van der Waals surface area contributed by atoms with Crippen LogP contribution in [0, 0.1) is 6.92 Å². The lowest BCUT2D eigenvalue weighted by molar-refractivity contribution is -0.165. The van der Waals surface area contributed by atoms with E-state index < -0.39 is 39.0 Å². The maximum absolute atomic E-state index is 14.1. The van der Waals surface area contributed by atoms with Gasteiger partial charge in [-0.15, -0.1) is 0 Å². The molecule has 190 valence electrons. The van der Waals surface area contributed by atoms with Crippen LogP contribution < -0.4 is 4.72 Å².